The van der Waals surface area contributed by atoms with Crippen LogP contribution in [-0.4, -0.2) is 45.3 Å². The van der Waals surface area contributed by atoms with Gasteiger partial charge < -0.3 is 4.74 Å². The number of anilines is 1. The second-order valence-electron chi connectivity index (χ2n) is 9.41. The molecule has 11 heteroatoms. The Labute approximate surface area is 223 Å². The quantitative estimate of drug-likeness (QED) is 0.343. The van der Waals surface area contributed by atoms with Gasteiger partial charge in [-0.2, -0.15) is 13.2 Å². The van der Waals surface area contributed by atoms with Crippen LogP contribution in [0.2, 0.25) is 5.02 Å². The van der Waals surface area contributed by atoms with Gasteiger partial charge >= 0.3 is 6.18 Å². The van der Waals surface area contributed by atoms with E-state index in [9.17, 15) is 26.4 Å². The number of para-hydroxylation sites is 2. The molecule has 3 aromatic rings. The van der Waals surface area contributed by atoms with Crippen LogP contribution in [0.4, 0.5) is 18.9 Å². The summed E-state index contributed by atoms with van der Waals surface area (Å²) in [5.41, 5.74) is -0.125. The zero-order chi connectivity index (χ0) is 27.1. The van der Waals surface area contributed by atoms with Gasteiger partial charge in [-0.3, -0.25) is 14.0 Å². The van der Waals surface area contributed by atoms with Crippen molar-refractivity contribution in [2.45, 2.75) is 23.9 Å². The number of ether oxygens (including phenoxy) is 1. The fourth-order valence-electron chi connectivity index (χ4n) is 4.78. The van der Waals surface area contributed by atoms with E-state index < -0.39 is 21.8 Å². The molecule has 2 aliphatic heterocycles. The fourth-order valence-corrected chi connectivity index (χ4v) is 6.71. The molecular weight excluding hydrogens is 541 g/mol. The first-order valence-electron chi connectivity index (χ1n) is 12.0. The Hall–Kier alpha value is -3.08. The number of sulfonamides is 1. The Kier molecular flexibility index (Phi) is 7.15. The zero-order valence-electron chi connectivity index (χ0n) is 20.1. The highest BCUT2D eigenvalue weighted by atomic mass is 35.5. The van der Waals surface area contributed by atoms with E-state index in [1.807, 2.05) is 4.90 Å². The molecule has 1 fully saturated rings. The van der Waals surface area contributed by atoms with Crippen LogP contribution in [-0.2, 0) is 16.2 Å². The zero-order valence-corrected chi connectivity index (χ0v) is 21.7. The van der Waals surface area contributed by atoms with Crippen LogP contribution in [0.15, 0.2) is 71.6 Å². The van der Waals surface area contributed by atoms with Gasteiger partial charge in [-0.15, -0.1) is 0 Å². The van der Waals surface area contributed by atoms with E-state index in [0.29, 0.717) is 37.4 Å². The summed E-state index contributed by atoms with van der Waals surface area (Å²) in [4.78, 5) is 14.6. The van der Waals surface area contributed by atoms with Crippen molar-refractivity contribution in [1.29, 1.82) is 0 Å². The highest BCUT2D eigenvalue weighted by molar-refractivity contribution is 7.93. The van der Waals surface area contributed by atoms with Gasteiger partial charge in [-0.05, 0) is 74.3 Å². The van der Waals surface area contributed by atoms with Gasteiger partial charge in [0.25, 0.3) is 10.0 Å². The maximum Gasteiger partial charge on any atom is 0.416 e. The summed E-state index contributed by atoms with van der Waals surface area (Å²) in [5, 5.41) is 0.285. The van der Waals surface area contributed by atoms with Crippen LogP contribution in [0.3, 0.4) is 0 Å². The molecule has 2 heterocycles. The molecule has 0 radical (unpaired) electrons. The van der Waals surface area contributed by atoms with E-state index >= 15 is 0 Å². The monoisotopic (exact) mass is 564 g/mol. The van der Waals surface area contributed by atoms with Gasteiger partial charge in [0, 0.05) is 17.1 Å². The molecule has 2 aliphatic rings. The third-order valence-electron chi connectivity index (χ3n) is 6.86. The topological polar surface area (TPSA) is 66.9 Å². The van der Waals surface area contributed by atoms with Crippen molar-refractivity contribution in [3.63, 3.8) is 0 Å². The lowest BCUT2D eigenvalue weighted by Gasteiger charge is -2.34. The number of ketones is 1. The number of piperidine rings is 1. The highest BCUT2D eigenvalue weighted by Crippen LogP contribution is 2.44. The molecule has 38 heavy (non-hydrogen) atoms. The number of alkyl halides is 3. The molecule has 5 rings (SSSR count). The van der Waals surface area contributed by atoms with Gasteiger partial charge in [0.15, 0.2) is 11.5 Å². The van der Waals surface area contributed by atoms with Crippen LogP contribution in [0.25, 0.3) is 0 Å². The summed E-state index contributed by atoms with van der Waals surface area (Å²) in [7, 11) is -3.96. The normalized spacial score (nSPS) is 17.7. The largest absolute Gasteiger partial charge is 0.454 e. The predicted octanol–water partition coefficient (Wildman–Crippen LogP) is 6.25. The number of likely N-dealkylation sites (tertiary alicyclic amines) is 1. The lowest BCUT2D eigenvalue weighted by Crippen LogP contribution is -2.42. The molecule has 0 N–H and O–H groups in total. The maximum absolute atomic E-state index is 13.7. The van der Waals surface area contributed by atoms with Gasteiger partial charge in [0.1, 0.15) is 10.6 Å². The Morgan fingerprint density at radius 1 is 0.974 bits per heavy atom. The number of hydrogen-bond donors (Lipinski definition) is 0. The predicted molar refractivity (Wildman–Crippen MR) is 137 cm³/mol. The van der Waals surface area contributed by atoms with Gasteiger partial charge in [-0.25, -0.2) is 8.42 Å². The van der Waals surface area contributed by atoms with Crippen molar-refractivity contribution in [1.82, 2.24) is 4.90 Å². The summed E-state index contributed by atoms with van der Waals surface area (Å²) in [6.07, 6.45) is -3.15. The lowest BCUT2D eigenvalue weighted by atomic mass is 9.96. The van der Waals surface area contributed by atoms with Crippen LogP contribution >= 0.6 is 11.6 Å². The number of halogens is 4. The molecule has 0 atom stereocenters. The molecule has 0 aliphatic carbocycles. The van der Waals surface area contributed by atoms with Crippen molar-refractivity contribution in [2.75, 3.05) is 30.5 Å². The minimum absolute atomic E-state index is 0.000717. The van der Waals surface area contributed by atoms with Gasteiger partial charge in [0.2, 0.25) is 0 Å². The number of nitrogens with zero attached hydrogens (tertiary/aromatic N) is 2. The molecule has 0 saturated carbocycles. The summed E-state index contributed by atoms with van der Waals surface area (Å²) in [5.74, 6) is 0.403. The number of hydrogen-bond acceptors (Lipinski definition) is 5. The SMILES string of the molecule is O=C(CN1CCC(CN2c3ccccc3Oc3ccc(Cl)cc3S2(=O)=O)CC1)c1ccc(C(F)(F)F)cc1. The highest BCUT2D eigenvalue weighted by Gasteiger charge is 2.36. The van der Waals surface area contributed by atoms with Crippen molar-refractivity contribution in [3.8, 4) is 11.5 Å². The molecule has 3 aromatic carbocycles. The van der Waals surface area contributed by atoms with Crippen LogP contribution in [0.5, 0.6) is 11.5 Å². The third-order valence-corrected chi connectivity index (χ3v) is 8.90. The minimum atomic E-state index is -4.45. The van der Waals surface area contributed by atoms with Crippen molar-refractivity contribution >= 4 is 33.1 Å². The Morgan fingerprint density at radius 3 is 2.34 bits per heavy atom. The van der Waals surface area contributed by atoms with Crippen LogP contribution < -0.4 is 9.04 Å². The van der Waals surface area contributed by atoms with E-state index in [4.69, 9.17) is 16.3 Å². The maximum atomic E-state index is 13.7. The van der Waals surface area contributed by atoms with Crippen molar-refractivity contribution in [2.24, 2.45) is 5.92 Å². The molecule has 0 unspecified atom stereocenters. The van der Waals surface area contributed by atoms with Crippen LogP contribution in [0.1, 0.15) is 28.8 Å². The third kappa shape index (κ3) is 5.39. The summed E-state index contributed by atoms with van der Waals surface area (Å²) < 4.78 is 73.2. The Bertz CT molecular complexity index is 1450. The van der Waals surface area contributed by atoms with Crippen LogP contribution in [0, 0.1) is 5.92 Å². The van der Waals surface area contributed by atoms with E-state index in [2.05, 4.69) is 0 Å². The molecule has 0 bridgehead atoms. The average Bonchev–Trinajstić information content (AvgIpc) is 2.97. The molecule has 0 aromatic heterocycles. The van der Waals surface area contributed by atoms with E-state index in [1.54, 1.807) is 36.4 Å². The molecule has 0 spiro atoms. The second-order valence-corrected chi connectivity index (χ2v) is 11.7. The summed E-state index contributed by atoms with van der Waals surface area (Å²) in [6.45, 7) is 1.44. The van der Waals surface area contributed by atoms with Gasteiger partial charge in [-0.1, -0.05) is 35.9 Å². The smallest absolute Gasteiger partial charge is 0.416 e. The summed E-state index contributed by atoms with van der Waals surface area (Å²) in [6, 6.07) is 15.7. The molecule has 6 nitrogen and oxygen atoms in total. The Balaban J connectivity index is 1.27. The number of fused-ring (bicyclic) bond motifs is 2. The van der Waals surface area contributed by atoms with Gasteiger partial charge in [0.05, 0.1) is 17.8 Å². The molecular formula is C27H24ClF3N2O4S. The van der Waals surface area contributed by atoms with E-state index in [1.165, 1.54) is 22.5 Å². The van der Waals surface area contributed by atoms with E-state index in [-0.39, 0.29) is 46.0 Å². The standard InChI is InChI=1S/C27H24ClF3N2O4S/c28-21-9-10-25-26(15-21)38(35,36)33(22-3-1-2-4-24(22)37-25)16-18-11-13-32(14-12-18)17-23(34)19-5-7-20(8-6-19)27(29,30)31/h1-10,15,18H,11-14,16-17H2. The minimum Gasteiger partial charge on any atom is -0.454 e. The lowest BCUT2D eigenvalue weighted by molar-refractivity contribution is -0.137. The molecule has 200 valence electrons. The molecule has 0 amide bonds. The number of carbonyl (C=O) groups excluding carboxylic acids is 1. The Morgan fingerprint density at radius 2 is 1.66 bits per heavy atom. The first-order valence-corrected chi connectivity index (χ1v) is 13.9. The van der Waals surface area contributed by atoms with E-state index in [0.717, 1.165) is 12.1 Å². The number of benzene rings is 3. The number of carbonyl (C=O) groups is 1. The summed E-state index contributed by atoms with van der Waals surface area (Å²) >= 11 is 6.12. The number of Topliss-reactive ketones (excluding diaryl/α,β-unsaturated/α-hetero) is 1. The average molecular weight is 565 g/mol. The van der Waals surface area contributed by atoms with Crippen molar-refractivity contribution in [3.05, 3.63) is 82.9 Å². The first-order chi connectivity index (χ1) is 18.0. The molecule has 1 saturated heterocycles. The van der Waals surface area contributed by atoms with Crippen molar-refractivity contribution < 1.29 is 31.1 Å². The first kappa shape index (κ1) is 26.5. The second kappa shape index (κ2) is 10.2. The fraction of sp³-hybridized carbons (Fsp3) is 0.296. The number of rotatable bonds is 5.